The highest BCUT2D eigenvalue weighted by atomic mass is 19.4. The van der Waals surface area contributed by atoms with Crippen LogP contribution in [0, 0.1) is 5.82 Å². The van der Waals surface area contributed by atoms with Crippen LogP contribution in [0.25, 0.3) is 0 Å². The smallest absolute Gasteiger partial charge is 0.491 e. The molecule has 1 N–H and O–H groups in total. The van der Waals surface area contributed by atoms with Gasteiger partial charge >= 0.3 is 6.36 Å². The summed E-state index contributed by atoms with van der Waals surface area (Å²) in [7, 11) is 0. The van der Waals surface area contributed by atoms with E-state index < -0.39 is 23.5 Å². The van der Waals surface area contributed by atoms with Crippen molar-refractivity contribution >= 4 is 0 Å². The van der Waals surface area contributed by atoms with Gasteiger partial charge < -0.3 is 14.6 Å². The monoisotopic (exact) mass is 329 g/mol. The van der Waals surface area contributed by atoms with Crippen molar-refractivity contribution in [3.63, 3.8) is 0 Å². The fourth-order valence-electron chi connectivity index (χ4n) is 2.49. The summed E-state index contributed by atoms with van der Waals surface area (Å²) in [4.78, 5) is 4.05. The van der Waals surface area contributed by atoms with Gasteiger partial charge in [0.05, 0.1) is 6.61 Å². The van der Waals surface area contributed by atoms with E-state index in [1.54, 1.807) is 12.1 Å². The first-order valence-corrected chi connectivity index (χ1v) is 6.66. The molecule has 1 atom stereocenters. The van der Waals surface area contributed by atoms with Crippen molar-refractivity contribution in [1.29, 1.82) is 0 Å². The Balaban J connectivity index is 2.01. The molecular weight excluding hydrogens is 318 g/mol. The molecule has 0 amide bonds. The Morgan fingerprint density at radius 2 is 2.04 bits per heavy atom. The van der Waals surface area contributed by atoms with Crippen molar-refractivity contribution in [2.24, 2.45) is 0 Å². The van der Waals surface area contributed by atoms with Crippen LogP contribution < -0.4 is 9.47 Å². The molecule has 1 aliphatic heterocycles. The van der Waals surface area contributed by atoms with Crippen LogP contribution in [-0.2, 0) is 5.60 Å². The number of rotatable bonds is 2. The lowest BCUT2D eigenvalue weighted by molar-refractivity contribution is -0.275. The second-order valence-electron chi connectivity index (χ2n) is 5.00. The lowest BCUT2D eigenvalue weighted by Gasteiger charge is -2.33. The van der Waals surface area contributed by atoms with Crippen LogP contribution in [0.2, 0.25) is 0 Å². The number of aliphatic hydroxyl groups is 1. The first kappa shape index (κ1) is 15.5. The zero-order valence-electron chi connectivity index (χ0n) is 11.6. The van der Waals surface area contributed by atoms with Gasteiger partial charge in [-0.3, -0.25) is 4.98 Å². The summed E-state index contributed by atoms with van der Waals surface area (Å²) in [5.41, 5.74) is -1.38. The Kier molecular flexibility index (Phi) is 3.63. The number of alkyl halides is 3. The van der Waals surface area contributed by atoms with Gasteiger partial charge in [0, 0.05) is 12.6 Å². The maximum Gasteiger partial charge on any atom is 0.573 e. The van der Waals surface area contributed by atoms with E-state index in [2.05, 4.69) is 9.72 Å². The summed E-state index contributed by atoms with van der Waals surface area (Å²) in [5, 5.41) is 10.9. The first-order chi connectivity index (χ1) is 10.8. The van der Waals surface area contributed by atoms with Gasteiger partial charge in [-0.1, -0.05) is 6.07 Å². The molecule has 122 valence electrons. The highest BCUT2D eigenvalue weighted by Gasteiger charge is 2.40. The lowest BCUT2D eigenvalue weighted by atomic mass is 9.85. The molecule has 4 nitrogen and oxygen atoms in total. The van der Waals surface area contributed by atoms with E-state index in [0.717, 1.165) is 12.1 Å². The molecule has 2 heterocycles. The molecular formula is C15H11F4NO3. The molecule has 1 aromatic carbocycles. The van der Waals surface area contributed by atoms with E-state index in [9.17, 15) is 22.7 Å². The molecule has 1 aliphatic rings. The van der Waals surface area contributed by atoms with E-state index >= 15 is 0 Å². The van der Waals surface area contributed by atoms with Crippen LogP contribution in [0.5, 0.6) is 11.5 Å². The van der Waals surface area contributed by atoms with Gasteiger partial charge in [-0.2, -0.15) is 0 Å². The third-order valence-electron chi connectivity index (χ3n) is 3.52. The minimum atomic E-state index is -4.99. The van der Waals surface area contributed by atoms with Gasteiger partial charge in [0.25, 0.3) is 0 Å². The second-order valence-corrected chi connectivity index (χ2v) is 5.00. The van der Waals surface area contributed by atoms with E-state index in [0.29, 0.717) is 5.75 Å². The van der Waals surface area contributed by atoms with Crippen molar-refractivity contribution in [1.82, 2.24) is 4.98 Å². The summed E-state index contributed by atoms with van der Waals surface area (Å²) in [6.07, 6.45) is -3.46. The zero-order valence-corrected chi connectivity index (χ0v) is 11.6. The third kappa shape index (κ3) is 2.94. The van der Waals surface area contributed by atoms with Crippen molar-refractivity contribution in [2.45, 2.75) is 18.4 Å². The van der Waals surface area contributed by atoms with Crippen LogP contribution >= 0.6 is 0 Å². The highest BCUT2D eigenvalue weighted by molar-refractivity contribution is 5.43. The van der Waals surface area contributed by atoms with Crippen LogP contribution in [0.1, 0.15) is 17.7 Å². The molecule has 0 unspecified atom stereocenters. The van der Waals surface area contributed by atoms with Gasteiger partial charge in [-0.05, 0) is 29.8 Å². The quantitative estimate of drug-likeness (QED) is 0.860. The number of hydrogen-bond donors (Lipinski definition) is 1. The minimum absolute atomic E-state index is 0.0766. The highest BCUT2D eigenvalue weighted by Crippen LogP contribution is 2.41. The fraction of sp³-hybridized carbons (Fsp3) is 0.267. The molecule has 3 rings (SSSR count). The largest absolute Gasteiger partial charge is 0.573 e. The van der Waals surface area contributed by atoms with Crippen molar-refractivity contribution < 1.29 is 32.1 Å². The first-order valence-electron chi connectivity index (χ1n) is 6.66. The van der Waals surface area contributed by atoms with E-state index in [-0.39, 0.29) is 24.3 Å². The van der Waals surface area contributed by atoms with Crippen LogP contribution in [0.4, 0.5) is 17.6 Å². The van der Waals surface area contributed by atoms with Crippen molar-refractivity contribution in [3.8, 4) is 11.5 Å². The topological polar surface area (TPSA) is 51.6 Å². The van der Waals surface area contributed by atoms with Crippen LogP contribution in [-0.4, -0.2) is 23.1 Å². The summed E-state index contributed by atoms with van der Waals surface area (Å²) in [6.45, 7) is 0.164. The number of fused-ring (bicyclic) bond motifs is 1. The number of aromatic nitrogens is 1. The van der Waals surface area contributed by atoms with Crippen molar-refractivity contribution in [2.75, 3.05) is 6.61 Å². The van der Waals surface area contributed by atoms with Crippen molar-refractivity contribution in [3.05, 3.63) is 53.6 Å². The normalized spacial score (nSPS) is 20.6. The van der Waals surface area contributed by atoms with E-state index in [1.807, 2.05) is 0 Å². The number of nitrogens with zero attached hydrogens (tertiary/aromatic N) is 1. The molecule has 0 bridgehead atoms. The maximum atomic E-state index is 13.9. The van der Waals surface area contributed by atoms with Gasteiger partial charge in [0.2, 0.25) is 0 Å². The maximum absolute atomic E-state index is 13.9. The van der Waals surface area contributed by atoms with Gasteiger partial charge in [0.1, 0.15) is 17.0 Å². The second kappa shape index (κ2) is 5.38. The minimum Gasteiger partial charge on any atom is -0.491 e. The number of pyridine rings is 1. The molecule has 23 heavy (non-hydrogen) atoms. The predicted molar refractivity (Wildman–Crippen MR) is 70.4 cm³/mol. The van der Waals surface area contributed by atoms with E-state index in [1.165, 1.54) is 12.3 Å². The SMILES string of the molecule is O[C@@]1(c2ccc(OC(F)(F)F)c(F)c2)CCOc2cccnc21. The summed E-state index contributed by atoms with van der Waals surface area (Å²) in [6, 6.07) is 6.03. The molecule has 1 aromatic heterocycles. The number of halogens is 4. The molecule has 8 heteroatoms. The van der Waals surface area contributed by atoms with Gasteiger partial charge in [-0.15, -0.1) is 13.2 Å². The third-order valence-corrected chi connectivity index (χ3v) is 3.52. The van der Waals surface area contributed by atoms with Crippen LogP contribution in [0.15, 0.2) is 36.5 Å². The molecule has 0 spiro atoms. The predicted octanol–water partition coefficient (Wildman–Crippen LogP) is 3.14. The molecule has 2 aromatic rings. The van der Waals surface area contributed by atoms with Gasteiger partial charge in [-0.25, -0.2) is 4.39 Å². The average Bonchev–Trinajstić information content (AvgIpc) is 2.48. The Morgan fingerprint density at radius 3 is 2.74 bits per heavy atom. The molecule has 0 fully saturated rings. The summed E-state index contributed by atoms with van der Waals surface area (Å²) in [5.74, 6) is -1.84. The molecule has 0 saturated heterocycles. The Hall–Kier alpha value is -2.35. The zero-order chi connectivity index (χ0) is 16.7. The molecule has 0 saturated carbocycles. The Labute approximate surface area is 128 Å². The Bertz CT molecular complexity index is 735. The number of ether oxygens (including phenoxy) is 2. The number of benzene rings is 1. The summed E-state index contributed by atoms with van der Waals surface area (Å²) >= 11 is 0. The van der Waals surface area contributed by atoms with Crippen LogP contribution in [0.3, 0.4) is 0 Å². The molecule has 0 radical (unpaired) electrons. The summed E-state index contributed by atoms with van der Waals surface area (Å²) < 4.78 is 59.4. The fourth-order valence-corrected chi connectivity index (χ4v) is 2.49. The Morgan fingerprint density at radius 1 is 1.26 bits per heavy atom. The molecule has 0 aliphatic carbocycles. The standard InChI is InChI=1S/C15H11F4NO3/c16-10-8-9(3-4-11(10)23-15(17,18)19)14(21)5-7-22-12-2-1-6-20-13(12)14/h1-4,6,8,21H,5,7H2/t14-/m1/s1. The van der Waals surface area contributed by atoms with Gasteiger partial charge in [0.15, 0.2) is 11.6 Å². The lowest BCUT2D eigenvalue weighted by Crippen LogP contribution is -2.35. The number of hydrogen-bond acceptors (Lipinski definition) is 4. The van der Waals surface area contributed by atoms with E-state index in [4.69, 9.17) is 4.74 Å². The average molecular weight is 329 g/mol.